The molecular formula is C13H9F2N3O2. The number of fused-ring (bicyclic) bond motifs is 1. The fourth-order valence-electron chi connectivity index (χ4n) is 1.85. The van der Waals surface area contributed by atoms with Crippen molar-refractivity contribution in [1.82, 2.24) is 14.4 Å². The van der Waals surface area contributed by atoms with Crippen LogP contribution in [0.4, 0.5) is 8.78 Å². The van der Waals surface area contributed by atoms with E-state index in [0.717, 1.165) is 6.07 Å². The Morgan fingerprint density at radius 1 is 1.20 bits per heavy atom. The first-order valence-electron chi connectivity index (χ1n) is 5.65. The van der Waals surface area contributed by atoms with Crippen LogP contribution in [0.2, 0.25) is 0 Å². The van der Waals surface area contributed by atoms with Crippen LogP contribution < -0.4 is 4.74 Å². The summed E-state index contributed by atoms with van der Waals surface area (Å²) >= 11 is 0. The van der Waals surface area contributed by atoms with Crippen molar-refractivity contribution in [1.29, 1.82) is 0 Å². The monoisotopic (exact) mass is 277 g/mol. The highest BCUT2D eigenvalue weighted by atomic mass is 19.1. The third kappa shape index (κ3) is 1.93. The number of ether oxygens (including phenoxy) is 1. The predicted molar refractivity (Wildman–Crippen MR) is 66.6 cm³/mol. The zero-order valence-corrected chi connectivity index (χ0v) is 10.3. The molecule has 0 aliphatic heterocycles. The second-order valence-corrected chi connectivity index (χ2v) is 4.11. The highest BCUT2D eigenvalue weighted by Gasteiger charge is 2.11. The lowest BCUT2D eigenvalue weighted by Gasteiger charge is -2.01. The Bertz CT molecular complexity index is 763. The molecule has 1 N–H and O–H groups in total. The van der Waals surface area contributed by atoms with Gasteiger partial charge in [0.2, 0.25) is 5.88 Å². The summed E-state index contributed by atoms with van der Waals surface area (Å²) in [6.07, 6.45) is 4.13. The summed E-state index contributed by atoms with van der Waals surface area (Å²) in [5, 5.41) is 9.30. The average molecular weight is 277 g/mol. The van der Waals surface area contributed by atoms with E-state index in [1.165, 1.54) is 36.2 Å². The van der Waals surface area contributed by atoms with Gasteiger partial charge in [0.1, 0.15) is 5.65 Å². The maximum atomic E-state index is 13.6. The Balaban J connectivity index is 2.12. The maximum Gasteiger partial charge on any atom is 0.250 e. The number of methoxy groups -OCH3 is 1. The van der Waals surface area contributed by atoms with Gasteiger partial charge < -0.3 is 14.2 Å². The lowest BCUT2D eigenvalue weighted by molar-refractivity contribution is 0.369. The average Bonchev–Trinajstić information content (AvgIpc) is 2.82. The minimum atomic E-state index is -0.770. The van der Waals surface area contributed by atoms with Gasteiger partial charge in [-0.15, -0.1) is 0 Å². The van der Waals surface area contributed by atoms with Gasteiger partial charge in [0.25, 0.3) is 0 Å². The summed E-state index contributed by atoms with van der Waals surface area (Å²) < 4.78 is 33.0. The van der Waals surface area contributed by atoms with Crippen molar-refractivity contribution in [3.63, 3.8) is 0 Å². The van der Waals surface area contributed by atoms with E-state index >= 15 is 0 Å². The highest BCUT2D eigenvalue weighted by molar-refractivity contribution is 5.62. The smallest absolute Gasteiger partial charge is 0.250 e. The van der Waals surface area contributed by atoms with Crippen LogP contribution in [0.1, 0.15) is 0 Å². The molecule has 3 heterocycles. The molecule has 0 aliphatic carbocycles. The molecule has 0 bridgehead atoms. The zero-order chi connectivity index (χ0) is 14.3. The number of halogens is 2. The van der Waals surface area contributed by atoms with E-state index in [9.17, 15) is 13.9 Å². The molecule has 0 saturated carbocycles. The maximum absolute atomic E-state index is 13.6. The standard InChI is InChI=1S/C13H9F2N3O2/c1-20-13-9(15)2-7(4-16-13)10-5-18-6-11(19)8(14)3-12(18)17-10/h2-6,19H,1H3. The lowest BCUT2D eigenvalue weighted by atomic mass is 10.2. The molecule has 0 fully saturated rings. The number of nitrogens with zero attached hydrogens (tertiary/aromatic N) is 3. The van der Waals surface area contributed by atoms with Crippen LogP contribution >= 0.6 is 0 Å². The molecule has 102 valence electrons. The van der Waals surface area contributed by atoms with Crippen molar-refractivity contribution in [2.45, 2.75) is 0 Å². The van der Waals surface area contributed by atoms with Gasteiger partial charge in [-0.2, -0.15) is 0 Å². The largest absolute Gasteiger partial charge is 0.504 e. The third-order valence-electron chi connectivity index (χ3n) is 2.82. The van der Waals surface area contributed by atoms with Crippen LogP contribution in [-0.2, 0) is 0 Å². The number of rotatable bonds is 2. The Hall–Kier alpha value is -2.70. The van der Waals surface area contributed by atoms with Gasteiger partial charge in [0.05, 0.1) is 19.0 Å². The Morgan fingerprint density at radius 2 is 2.00 bits per heavy atom. The van der Waals surface area contributed by atoms with Gasteiger partial charge in [-0.25, -0.2) is 18.7 Å². The van der Waals surface area contributed by atoms with Gasteiger partial charge >= 0.3 is 0 Å². The molecule has 0 spiro atoms. The quantitative estimate of drug-likeness (QED) is 0.781. The normalized spacial score (nSPS) is 10.9. The topological polar surface area (TPSA) is 59.7 Å². The summed E-state index contributed by atoms with van der Waals surface area (Å²) in [4.78, 5) is 7.95. The molecule has 0 unspecified atom stereocenters. The molecule has 7 heteroatoms. The second kappa shape index (κ2) is 4.44. The first-order chi connectivity index (χ1) is 9.58. The van der Waals surface area contributed by atoms with Crippen molar-refractivity contribution in [3.8, 4) is 22.9 Å². The molecule has 3 rings (SSSR count). The van der Waals surface area contributed by atoms with E-state index in [4.69, 9.17) is 4.74 Å². The van der Waals surface area contributed by atoms with E-state index in [1.54, 1.807) is 0 Å². The fraction of sp³-hybridized carbons (Fsp3) is 0.0769. The van der Waals surface area contributed by atoms with E-state index in [0.29, 0.717) is 16.9 Å². The van der Waals surface area contributed by atoms with Gasteiger partial charge in [-0.1, -0.05) is 0 Å². The van der Waals surface area contributed by atoms with Gasteiger partial charge in [0, 0.05) is 24.0 Å². The first kappa shape index (κ1) is 12.3. The first-order valence-corrected chi connectivity index (χ1v) is 5.65. The zero-order valence-electron chi connectivity index (χ0n) is 10.3. The van der Waals surface area contributed by atoms with Crippen molar-refractivity contribution < 1.29 is 18.6 Å². The van der Waals surface area contributed by atoms with Crippen molar-refractivity contribution in [2.24, 2.45) is 0 Å². The molecule has 0 saturated heterocycles. The molecule has 0 atom stereocenters. The van der Waals surface area contributed by atoms with Crippen molar-refractivity contribution in [3.05, 3.63) is 42.4 Å². The number of aromatic hydroxyl groups is 1. The highest BCUT2D eigenvalue weighted by Crippen LogP contribution is 2.24. The molecular weight excluding hydrogens is 268 g/mol. The Morgan fingerprint density at radius 3 is 2.70 bits per heavy atom. The molecule has 0 amide bonds. The Labute approximate surface area is 112 Å². The molecule has 0 aliphatic rings. The number of hydrogen-bond acceptors (Lipinski definition) is 4. The lowest BCUT2D eigenvalue weighted by Crippen LogP contribution is -1.92. The third-order valence-corrected chi connectivity index (χ3v) is 2.82. The SMILES string of the molecule is COc1ncc(-c2cn3cc(O)c(F)cc3n2)cc1F. The Kier molecular flexibility index (Phi) is 2.74. The second-order valence-electron chi connectivity index (χ2n) is 4.11. The van der Waals surface area contributed by atoms with E-state index < -0.39 is 17.4 Å². The number of aromatic nitrogens is 3. The van der Waals surface area contributed by atoms with E-state index in [1.807, 2.05) is 0 Å². The van der Waals surface area contributed by atoms with Gasteiger partial charge in [0.15, 0.2) is 17.4 Å². The van der Waals surface area contributed by atoms with Crippen LogP contribution in [0, 0.1) is 11.6 Å². The fourth-order valence-corrected chi connectivity index (χ4v) is 1.85. The minimum absolute atomic E-state index is 0.110. The summed E-state index contributed by atoms with van der Waals surface area (Å²) in [7, 11) is 1.32. The molecule has 0 radical (unpaired) electrons. The minimum Gasteiger partial charge on any atom is -0.504 e. The van der Waals surface area contributed by atoms with E-state index in [-0.39, 0.29) is 5.88 Å². The van der Waals surface area contributed by atoms with Crippen LogP contribution in [0.25, 0.3) is 16.9 Å². The summed E-state index contributed by atoms with van der Waals surface area (Å²) in [5.74, 6) is -1.98. The number of hydrogen-bond donors (Lipinski definition) is 1. The van der Waals surface area contributed by atoms with Gasteiger partial charge in [-0.3, -0.25) is 0 Å². The molecule has 5 nitrogen and oxygen atoms in total. The number of imidazole rings is 1. The van der Waals surface area contributed by atoms with Crippen LogP contribution in [0.15, 0.2) is 30.7 Å². The van der Waals surface area contributed by atoms with Crippen molar-refractivity contribution >= 4 is 5.65 Å². The summed E-state index contributed by atoms with van der Waals surface area (Å²) in [6.45, 7) is 0. The molecule has 0 aromatic carbocycles. The molecule has 3 aromatic heterocycles. The van der Waals surface area contributed by atoms with Crippen LogP contribution in [-0.4, -0.2) is 26.6 Å². The molecule has 3 aromatic rings. The number of pyridine rings is 2. The van der Waals surface area contributed by atoms with Gasteiger partial charge in [-0.05, 0) is 6.07 Å². The summed E-state index contributed by atoms with van der Waals surface area (Å²) in [5.41, 5.74) is 1.13. The van der Waals surface area contributed by atoms with E-state index in [2.05, 4.69) is 9.97 Å². The van der Waals surface area contributed by atoms with Crippen LogP contribution in [0.3, 0.4) is 0 Å². The van der Waals surface area contributed by atoms with Crippen LogP contribution in [0.5, 0.6) is 11.6 Å². The predicted octanol–water partition coefficient (Wildman–Crippen LogP) is 2.39. The summed E-state index contributed by atoms with van der Waals surface area (Å²) in [6, 6.07) is 2.32. The molecule has 20 heavy (non-hydrogen) atoms. The van der Waals surface area contributed by atoms with Crippen molar-refractivity contribution in [2.75, 3.05) is 7.11 Å².